The van der Waals surface area contributed by atoms with Gasteiger partial charge in [-0.1, -0.05) is 19.1 Å². The van der Waals surface area contributed by atoms with Crippen LogP contribution in [0.1, 0.15) is 44.6 Å². The molecule has 6 heteroatoms. The molecule has 2 atom stereocenters. The Morgan fingerprint density at radius 1 is 1.21 bits per heavy atom. The third kappa shape index (κ3) is 4.17. The van der Waals surface area contributed by atoms with Crippen molar-refractivity contribution in [3.63, 3.8) is 0 Å². The fourth-order valence-electron chi connectivity index (χ4n) is 3.89. The molecule has 3 rings (SSSR count). The molecule has 5 nitrogen and oxygen atoms in total. The standard InChI is InChI=1S/C18H28N2O3S/c1-14-7-9-20(10-8-14)17-6-5-16(12-17)19-24(22,23)18-4-2-3-15(11-18)13-21/h2-4,11,14,16-17,19,21H,5-10,12-13H2,1H3. The van der Waals surface area contributed by atoms with Crippen molar-refractivity contribution in [3.8, 4) is 0 Å². The van der Waals surface area contributed by atoms with E-state index in [-0.39, 0.29) is 17.5 Å². The van der Waals surface area contributed by atoms with E-state index in [0.717, 1.165) is 38.3 Å². The van der Waals surface area contributed by atoms with Gasteiger partial charge in [-0.05, 0) is 68.8 Å². The highest BCUT2D eigenvalue weighted by Crippen LogP contribution is 2.29. The van der Waals surface area contributed by atoms with Crippen molar-refractivity contribution in [1.29, 1.82) is 0 Å². The van der Waals surface area contributed by atoms with Gasteiger partial charge in [0.25, 0.3) is 0 Å². The molecule has 1 aliphatic heterocycles. The Balaban J connectivity index is 1.60. The van der Waals surface area contributed by atoms with Gasteiger partial charge in [-0.15, -0.1) is 0 Å². The van der Waals surface area contributed by atoms with Crippen molar-refractivity contribution in [2.45, 2.75) is 62.6 Å². The molecule has 0 aromatic heterocycles. The molecule has 1 saturated heterocycles. The first-order valence-corrected chi connectivity index (χ1v) is 10.4. The summed E-state index contributed by atoms with van der Waals surface area (Å²) in [5.74, 6) is 0.816. The van der Waals surface area contributed by atoms with Gasteiger partial charge in [-0.2, -0.15) is 0 Å². The molecule has 2 unspecified atom stereocenters. The van der Waals surface area contributed by atoms with Crippen LogP contribution in [0.3, 0.4) is 0 Å². The van der Waals surface area contributed by atoms with Crippen molar-refractivity contribution < 1.29 is 13.5 Å². The summed E-state index contributed by atoms with van der Waals surface area (Å²) in [6.45, 7) is 4.44. The van der Waals surface area contributed by atoms with Crippen molar-refractivity contribution in [1.82, 2.24) is 9.62 Å². The zero-order valence-electron chi connectivity index (χ0n) is 14.3. The zero-order valence-corrected chi connectivity index (χ0v) is 15.1. The SMILES string of the molecule is CC1CCN(C2CCC(NS(=O)(=O)c3cccc(CO)c3)C2)CC1. The second-order valence-electron chi connectivity index (χ2n) is 7.31. The van der Waals surface area contributed by atoms with Gasteiger partial charge in [0, 0.05) is 12.1 Å². The van der Waals surface area contributed by atoms with Gasteiger partial charge in [0.1, 0.15) is 0 Å². The Bertz CT molecular complexity index is 654. The van der Waals surface area contributed by atoms with E-state index < -0.39 is 10.0 Å². The van der Waals surface area contributed by atoms with Crippen molar-refractivity contribution in [2.24, 2.45) is 5.92 Å². The van der Waals surface area contributed by atoms with Gasteiger partial charge in [-0.25, -0.2) is 13.1 Å². The van der Waals surface area contributed by atoms with Gasteiger partial charge < -0.3 is 10.0 Å². The van der Waals surface area contributed by atoms with E-state index in [2.05, 4.69) is 16.5 Å². The normalized spacial score (nSPS) is 26.8. The van der Waals surface area contributed by atoms with Crippen LogP contribution in [0.15, 0.2) is 29.2 Å². The summed E-state index contributed by atoms with van der Waals surface area (Å²) in [4.78, 5) is 2.78. The topological polar surface area (TPSA) is 69.6 Å². The Hall–Kier alpha value is -0.950. The smallest absolute Gasteiger partial charge is 0.240 e. The highest BCUT2D eigenvalue weighted by molar-refractivity contribution is 7.89. The zero-order chi connectivity index (χ0) is 17.2. The molecular weight excluding hydrogens is 324 g/mol. The van der Waals surface area contributed by atoms with Crippen LogP contribution in [0.5, 0.6) is 0 Å². The van der Waals surface area contributed by atoms with E-state index in [1.54, 1.807) is 24.3 Å². The lowest BCUT2D eigenvalue weighted by Crippen LogP contribution is -2.41. The third-order valence-corrected chi connectivity index (χ3v) is 6.97. The van der Waals surface area contributed by atoms with E-state index in [0.29, 0.717) is 11.6 Å². The van der Waals surface area contributed by atoms with E-state index in [1.165, 1.54) is 12.8 Å². The van der Waals surface area contributed by atoms with E-state index in [1.807, 2.05) is 0 Å². The summed E-state index contributed by atoms with van der Waals surface area (Å²) < 4.78 is 28.0. The maximum absolute atomic E-state index is 12.6. The largest absolute Gasteiger partial charge is 0.392 e. The number of aliphatic hydroxyl groups is 1. The monoisotopic (exact) mass is 352 g/mol. The maximum Gasteiger partial charge on any atom is 0.240 e. The minimum absolute atomic E-state index is 0.0112. The average molecular weight is 353 g/mol. The molecule has 1 saturated carbocycles. The first kappa shape index (κ1) is 17.9. The summed E-state index contributed by atoms with van der Waals surface area (Å²) in [7, 11) is -3.52. The quantitative estimate of drug-likeness (QED) is 0.851. The van der Waals surface area contributed by atoms with Crippen LogP contribution >= 0.6 is 0 Å². The molecule has 2 fully saturated rings. The molecule has 1 aliphatic carbocycles. The van der Waals surface area contributed by atoms with Crippen molar-refractivity contribution in [3.05, 3.63) is 29.8 Å². The molecule has 2 aliphatic rings. The molecule has 24 heavy (non-hydrogen) atoms. The molecule has 1 heterocycles. The molecule has 0 radical (unpaired) electrons. The van der Waals surface area contributed by atoms with Gasteiger partial charge in [-0.3, -0.25) is 0 Å². The molecule has 1 aromatic rings. The number of sulfonamides is 1. The molecule has 0 bridgehead atoms. The predicted octanol–water partition coefficient (Wildman–Crippen LogP) is 2.11. The maximum atomic E-state index is 12.6. The first-order chi connectivity index (χ1) is 11.5. The van der Waals surface area contributed by atoms with E-state index in [9.17, 15) is 13.5 Å². The van der Waals surface area contributed by atoms with Crippen LogP contribution in [-0.4, -0.2) is 43.6 Å². The number of rotatable bonds is 5. The molecule has 134 valence electrons. The Kier molecular flexibility index (Phi) is 5.59. The number of likely N-dealkylation sites (tertiary alicyclic amines) is 1. The molecule has 2 N–H and O–H groups in total. The van der Waals surface area contributed by atoms with Crippen LogP contribution in [0, 0.1) is 5.92 Å². The second kappa shape index (κ2) is 7.52. The number of piperidine rings is 1. The van der Waals surface area contributed by atoms with Gasteiger partial charge in [0.05, 0.1) is 11.5 Å². The molecule has 0 spiro atoms. The summed E-state index contributed by atoms with van der Waals surface area (Å²) >= 11 is 0. The number of nitrogens with one attached hydrogen (secondary N) is 1. The van der Waals surface area contributed by atoms with Crippen LogP contribution in [0.25, 0.3) is 0 Å². The number of hydrogen-bond acceptors (Lipinski definition) is 4. The summed E-state index contributed by atoms with van der Waals surface area (Å²) in [6.07, 6.45) is 5.36. The van der Waals surface area contributed by atoms with Crippen LogP contribution < -0.4 is 4.72 Å². The van der Waals surface area contributed by atoms with Gasteiger partial charge in [0.2, 0.25) is 10.0 Å². The summed E-state index contributed by atoms with van der Waals surface area (Å²) in [5, 5.41) is 9.19. The lowest BCUT2D eigenvalue weighted by molar-refractivity contribution is 0.139. The van der Waals surface area contributed by atoms with E-state index >= 15 is 0 Å². The number of nitrogens with zero attached hydrogens (tertiary/aromatic N) is 1. The number of benzene rings is 1. The van der Waals surface area contributed by atoms with Gasteiger partial charge in [0.15, 0.2) is 0 Å². The lowest BCUT2D eigenvalue weighted by Gasteiger charge is -2.35. The number of hydrogen-bond donors (Lipinski definition) is 2. The van der Waals surface area contributed by atoms with Crippen LogP contribution in [0.4, 0.5) is 0 Å². The Morgan fingerprint density at radius 2 is 1.96 bits per heavy atom. The van der Waals surface area contributed by atoms with E-state index in [4.69, 9.17) is 0 Å². The summed E-state index contributed by atoms with van der Waals surface area (Å²) in [5.41, 5.74) is 0.615. The second-order valence-corrected chi connectivity index (χ2v) is 9.02. The Morgan fingerprint density at radius 3 is 2.67 bits per heavy atom. The number of aliphatic hydroxyl groups excluding tert-OH is 1. The minimum Gasteiger partial charge on any atom is -0.392 e. The highest BCUT2D eigenvalue weighted by Gasteiger charge is 2.33. The van der Waals surface area contributed by atoms with Crippen LogP contribution in [0.2, 0.25) is 0 Å². The molecular formula is C18H28N2O3S. The van der Waals surface area contributed by atoms with Crippen molar-refractivity contribution in [2.75, 3.05) is 13.1 Å². The average Bonchev–Trinajstić information content (AvgIpc) is 3.03. The summed E-state index contributed by atoms with van der Waals surface area (Å²) in [6, 6.07) is 7.04. The first-order valence-electron chi connectivity index (χ1n) is 8.94. The Labute approximate surface area is 145 Å². The van der Waals surface area contributed by atoms with Crippen molar-refractivity contribution >= 4 is 10.0 Å². The minimum atomic E-state index is -3.52. The van der Waals surface area contributed by atoms with Crippen LogP contribution in [-0.2, 0) is 16.6 Å². The molecule has 1 aromatic carbocycles. The lowest BCUT2D eigenvalue weighted by atomic mass is 9.97. The highest BCUT2D eigenvalue weighted by atomic mass is 32.2. The third-order valence-electron chi connectivity index (χ3n) is 5.45. The molecule has 0 amide bonds. The predicted molar refractivity (Wildman–Crippen MR) is 94.1 cm³/mol. The van der Waals surface area contributed by atoms with Gasteiger partial charge >= 0.3 is 0 Å². The fraction of sp³-hybridized carbons (Fsp3) is 0.667. The fourth-order valence-corrected chi connectivity index (χ4v) is 5.24.